The van der Waals surface area contributed by atoms with Gasteiger partial charge in [-0.15, -0.1) is 0 Å². The fourth-order valence-corrected chi connectivity index (χ4v) is 2.01. The summed E-state index contributed by atoms with van der Waals surface area (Å²) in [4.78, 5) is 4.15. The number of nitrogens with two attached hydrogens (primary N) is 1. The molecule has 18 heavy (non-hydrogen) atoms. The van der Waals surface area contributed by atoms with Gasteiger partial charge in [-0.25, -0.2) is 0 Å². The van der Waals surface area contributed by atoms with Gasteiger partial charge in [-0.1, -0.05) is 18.2 Å². The van der Waals surface area contributed by atoms with Crippen LogP contribution in [0.1, 0.15) is 28.3 Å². The number of benzene rings is 1. The largest absolute Gasteiger partial charge is 0.495 e. The van der Waals surface area contributed by atoms with Gasteiger partial charge < -0.3 is 10.5 Å². The lowest BCUT2D eigenvalue weighted by Crippen LogP contribution is -2.14. The molecule has 0 aliphatic heterocycles. The van der Waals surface area contributed by atoms with Gasteiger partial charge in [-0.3, -0.25) is 4.98 Å². The van der Waals surface area contributed by atoms with Crippen molar-refractivity contribution in [2.45, 2.75) is 19.9 Å². The molecule has 2 rings (SSSR count). The van der Waals surface area contributed by atoms with Crippen LogP contribution in [0, 0.1) is 13.8 Å². The first-order chi connectivity index (χ1) is 8.63. The molecule has 0 aliphatic carbocycles. The van der Waals surface area contributed by atoms with E-state index in [4.69, 9.17) is 10.5 Å². The first-order valence-electron chi connectivity index (χ1n) is 5.94. The summed E-state index contributed by atoms with van der Waals surface area (Å²) in [5.41, 5.74) is 10.9. The van der Waals surface area contributed by atoms with Gasteiger partial charge in [0.25, 0.3) is 0 Å². The lowest BCUT2D eigenvalue weighted by atomic mass is 9.94. The van der Waals surface area contributed by atoms with Crippen LogP contribution >= 0.6 is 0 Å². The Kier molecular flexibility index (Phi) is 3.63. The van der Waals surface area contributed by atoms with Gasteiger partial charge in [0.2, 0.25) is 0 Å². The van der Waals surface area contributed by atoms with Crippen molar-refractivity contribution in [2.24, 2.45) is 5.73 Å². The van der Waals surface area contributed by atoms with Crippen LogP contribution in [0.15, 0.2) is 36.7 Å². The van der Waals surface area contributed by atoms with Crippen molar-refractivity contribution in [3.8, 4) is 5.75 Å². The van der Waals surface area contributed by atoms with Crippen LogP contribution in [0.25, 0.3) is 0 Å². The summed E-state index contributed by atoms with van der Waals surface area (Å²) >= 11 is 0. The normalized spacial score (nSPS) is 12.2. The van der Waals surface area contributed by atoms with Crippen molar-refractivity contribution in [3.05, 3.63) is 58.9 Å². The smallest absolute Gasteiger partial charge is 0.137 e. The zero-order valence-electron chi connectivity index (χ0n) is 11.0. The number of aromatic nitrogens is 1. The molecule has 0 spiro atoms. The van der Waals surface area contributed by atoms with Crippen molar-refractivity contribution in [1.29, 1.82) is 0 Å². The number of aryl methyl sites for hydroxylation is 1. The van der Waals surface area contributed by atoms with E-state index in [1.807, 2.05) is 12.1 Å². The second-order valence-corrected chi connectivity index (χ2v) is 4.42. The van der Waals surface area contributed by atoms with Gasteiger partial charge in [-0.05, 0) is 42.2 Å². The molecule has 1 aromatic carbocycles. The van der Waals surface area contributed by atoms with Crippen LogP contribution in [0.2, 0.25) is 0 Å². The Hall–Kier alpha value is -1.87. The third-order valence-corrected chi connectivity index (χ3v) is 3.31. The van der Waals surface area contributed by atoms with Gasteiger partial charge in [0.15, 0.2) is 0 Å². The van der Waals surface area contributed by atoms with E-state index in [0.717, 1.165) is 16.9 Å². The zero-order valence-corrected chi connectivity index (χ0v) is 11.0. The highest BCUT2D eigenvalue weighted by molar-refractivity contribution is 5.40. The molecule has 0 radical (unpaired) electrons. The molecular formula is C15H18N2O. The van der Waals surface area contributed by atoms with E-state index in [1.165, 1.54) is 11.1 Å². The lowest BCUT2D eigenvalue weighted by Gasteiger charge is -2.16. The van der Waals surface area contributed by atoms with E-state index in [9.17, 15) is 0 Å². The average Bonchev–Trinajstić information content (AvgIpc) is 2.41. The first-order valence-corrected chi connectivity index (χ1v) is 5.94. The van der Waals surface area contributed by atoms with Crippen molar-refractivity contribution in [2.75, 3.05) is 7.11 Å². The summed E-state index contributed by atoms with van der Waals surface area (Å²) < 4.78 is 5.18. The van der Waals surface area contributed by atoms with Crippen LogP contribution < -0.4 is 10.5 Å². The average molecular weight is 242 g/mol. The monoisotopic (exact) mass is 242 g/mol. The predicted molar refractivity (Wildman–Crippen MR) is 72.7 cm³/mol. The molecule has 0 saturated carbocycles. The highest BCUT2D eigenvalue weighted by atomic mass is 16.5. The van der Waals surface area contributed by atoms with E-state index >= 15 is 0 Å². The number of pyridine rings is 1. The number of nitrogens with zero attached hydrogens (tertiary/aromatic N) is 1. The number of methoxy groups -OCH3 is 1. The molecule has 2 aromatic rings. The molecule has 1 heterocycles. The molecule has 3 heteroatoms. The third-order valence-electron chi connectivity index (χ3n) is 3.31. The standard InChI is InChI=1S/C15H18N2O/c1-10-5-4-6-14(11(10)2)15(16)12-7-13(18-3)9-17-8-12/h4-9,15H,16H2,1-3H3. The van der Waals surface area contributed by atoms with Gasteiger partial charge >= 0.3 is 0 Å². The van der Waals surface area contributed by atoms with Gasteiger partial charge in [0.1, 0.15) is 5.75 Å². The van der Waals surface area contributed by atoms with Crippen LogP contribution in [0.5, 0.6) is 5.75 Å². The highest BCUT2D eigenvalue weighted by Gasteiger charge is 2.13. The zero-order chi connectivity index (χ0) is 13.1. The molecule has 1 aromatic heterocycles. The molecule has 0 fully saturated rings. The highest BCUT2D eigenvalue weighted by Crippen LogP contribution is 2.25. The Balaban J connectivity index is 2.41. The van der Waals surface area contributed by atoms with E-state index < -0.39 is 0 Å². The van der Waals surface area contributed by atoms with E-state index in [1.54, 1.807) is 19.5 Å². The molecule has 0 aliphatic rings. The minimum atomic E-state index is -0.174. The Bertz CT molecular complexity index is 552. The fourth-order valence-electron chi connectivity index (χ4n) is 2.01. The summed E-state index contributed by atoms with van der Waals surface area (Å²) in [5, 5.41) is 0. The van der Waals surface area contributed by atoms with Crippen molar-refractivity contribution >= 4 is 0 Å². The predicted octanol–water partition coefficient (Wildman–Crippen LogP) is 2.76. The first kappa shape index (κ1) is 12.6. The molecule has 2 N–H and O–H groups in total. The van der Waals surface area contributed by atoms with Gasteiger partial charge in [0, 0.05) is 6.20 Å². The van der Waals surface area contributed by atoms with Crippen LogP contribution in [0.4, 0.5) is 0 Å². The summed E-state index contributed by atoms with van der Waals surface area (Å²) in [6.45, 7) is 4.19. The van der Waals surface area contributed by atoms with Crippen LogP contribution in [-0.2, 0) is 0 Å². The van der Waals surface area contributed by atoms with E-state index in [0.29, 0.717) is 0 Å². The number of ether oxygens (including phenoxy) is 1. The molecule has 3 nitrogen and oxygen atoms in total. The van der Waals surface area contributed by atoms with Crippen LogP contribution in [-0.4, -0.2) is 12.1 Å². The number of hydrogen-bond acceptors (Lipinski definition) is 3. The Morgan fingerprint density at radius 2 is 2.00 bits per heavy atom. The quantitative estimate of drug-likeness (QED) is 0.900. The summed E-state index contributed by atoms with van der Waals surface area (Å²) in [6, 6.07) is 7.94. The van der Waals surface area contributed by atoms with E-state index in [2.05, 4.69) is 31.0 Å². The molecule has 1 unspecified atom stereocenters. The molecule has 1 atom stereocenters. The summed E-state index contributed by atoms with van der Waals surface area (Å²) in [6.07, 6.45) is 3.47. The summed E-state index contributed by atoms with van der Waals surface area (Å²) in [7, 11) is 1.63. The molecular weight excluding hydrogens is 224 g/mol. The van der Waals surface area contributed by atoms with Gasteiger partial charge in [-0.2, -0.15) is 0 Å². The Morgan fingerprint density at radius 1 is 1.22 bits per heavy atom. The topological polar surface area (TPSA) is 48.1 Å². The minimum Gasteiger partial charge on any atom is -0.495 e. The van der Waals surface area contributed by atoms with Crippen molar-refractivity contribution < 1.29 is 4.74 Å². The maximum atomic E-state index is 6.31. The lowest BCUT2D eigenvalue weighted by molar-refractivity contribution is 0.412. The van der Waals surface area contributed by atoms with Crippen molar-refractivity contribution in [1.82, 2.24) is 4.98 Å². The SMILES string of the molecule is COc1cncc(C(N)c2cccc(C)c2C)c1. The number of rotatable bonds is 3. The van der Waals surface area contributed by atoms with Crippen molar-refractivity contribution in [3.63, 3.8) is 0 Å². The van der Waals surface area contributed by atoms with E-state index in [-0.39, 0.29) is 6.04 Å². The maximum absolute atomic E-state index is 6.31. The molecule has 0 amide bonds. The second-order valence-electron chi connectivity index (χ2n) is 4.42. The second kappa shape index (κ2) is 5.19. The minimum absolute atomic E-state index is 0.174. The molecule has 0 saturated heterocycles. The maximum Gasteiger partial charge on any atom is 0.137 e. The third kappa shape index (κ3) is 2.36. The number of hydrogen-bond donors (Lipinski definition) is 1. The Labute approximate surface area is 108 Å². The van der Waals surface area contributed by atoms with Gasteiger partial charge in [0.05, 0.1) is 19.3 Å². The van der Waals surface area contributed by atoms with Crippen LogP contribution in [0.3, 0.4) is 0 Å². The Morgan fingerprint density at radius 3 is 2.72 bits per heavy atom. The molecule has 94 valence electrons. The molecule has 0 bridgehead atoms. The summed E-state index contributed by atoms with van der Waals surface area (Å²) in [5.74, 6) is 0.730. The fraction of sp³-hybridized carbons (Fsp3) is 0.267.